The van der Waals surface area contributed by atoms with Gasteiger partial charge < -0.3 is 25.4 Å². The summed E-state index contributed by atoms with van der Waals surface area (Å²) in [6.45, 7) is 3.05. The van der Waals surface area contributed by atoms with Crippen molar-refractivity contribution in [2.24, 2.45) is 5.92 Å². The second-order valence-corrected chi connectivity index (χ2v) is 8.73. The Balaban J connectivity index is 1.26. The summed E-state index contributed by atoms with van der Waals surface area (Å²) in [5.41, 5.74) is 4.34. The summed E-state index contributed by atoms with van der Waals surface area (Å²) in [4.78, 5) is 9.24. The zero-order valence-electron chi connectivity index (χ0n) is 19.2. The normalized spacial score (nSPS) is 16.8. The first-order chi connectivity index (χ1) is 16.8. The van der Waals surface area contributed by atoms with E-state index in [2.05, 4.69) is 69.5 Å². The van der Waals surface area contributed by atoms with E-state index in [-0.39, 0.29) is 12.7 Å². The van der Waals surface area contributed by atoms with Gasteiger partial charge in [0.25, 0.3) is 0 Å². The van der Waals surface area contributed by atoms with Crippen LogP contribution in [0.3, 0.4) is 0 Å². The van der Waals surface area contributed by atoms with Crippen LogP contribution in [0.25, 0.3) is 11.3 Å². The zero-order chi connectivity index (χ0) is 23.0. The van der Waals surface area contributed by atoms with Gasteiger partial charge in [-0.05, 0) is 56.1 Å². The van der Waals surface area contributed by atoms with Crippen LogP contribution in [0.2, 0.25) is 0 Å². The van der Waals surface area contributed by atoms with Crippen LogP contribution in [-0.4, -0.2) is 42.4 Å². The van der Waals surface area contributed by atoms with Crippen LogP contribution in [-0.2, 0) is 15.9 Å². The first kappa shape index (κ1) is 22.2. The predicted molar refractivity (Wildman–Crippen MR) is 134 cm³/mol. The van der Waals surface area contributed by atoms with E-state index >= 15 is 0 Å². The number of ether oxygens (including phenoxy) is 2. The minimum atomic E-state index is 0.120. The molecular weight excluding hydrogens is 426 g/mol. The summed E-state index contributed by atoms with van der Waals surface area (Å²) in [6, 6.07) is 21.3. The molecule has 0 amide bonds. The van der Waals surface area contributed by atoms with Crippen LogP contribution >= 0.6 is 0 Å². The molecule has 3 aromatic rings. The monoisotopic (exact) mass is 457 g/mol. The Labute approximate surface area is 200 Å². The number of rotatable bonds is 9. The van der Waals surface area contributed by atoms with Gasteiger partial charge in [0.1, 0.15) is 12.0 Å². The van der Waals surface area contributed by atoms with Crippen molar-refractivity contribution in [3.05, 3.63) is 84.4 Å². The average molecular weight is 458 g/mol. The molecule has 7 heteroatoms. The molecule has 1 atom stereocenters. The second-order valence-electron chi connectivity index (χ2n) is 8.73. The first-order valence-electron chi connectivity index (χ1n) is 12.0. The van der Waals surface area contributed by atoms with Gasteiger partial charge in [-0.1, -0.05) is 42.5 Å². The predicted octanol–water partition coefficient (Wildman–Crippen LogP) is 4.42. The largest absolute Gasteiger partial charge is 0.462 e. The molecule has 2 aromatic carbocycles. The van der Waals surface area contributed by atoms with Crippen molar-refractivity contribution in [2.45, 2.75) is 25.3 Å². The number of hydrogen-bond donors (Lipinski definition) is 3. The quantitative estimate of drug-likeness (QED) is 0.439. The Morgan fingerprint density at radius 2 is 1.91 bits per heavy atom. The lowest BCUT2D eigenvalue weighted by atomic mass is 9.97. The molecule has 176 valence electrons. The highest BCUT2D eigenvalue weighted by Gasteiger charge is 2.21. The molecule has 0 spiro atoms. The zero-order valence-corrected chi connectivity index (χ0v) is 19.2. The Morgan fingerprint density at radius 3 is 2.74 bits per heavy atom. The third-order valence-corrected chi connectivity index (χ3v) is 6.25. The number of nitrogens with zero attached hydrogens (tertiary/aromatic N) is 2. The summed E-state index contributed by atoms with van der Waals surface area (Å²) < 4.78 is 11.0. The molecule has 3 heterocycles. The molecule has 1 saturated heterocycles. The van der Waals surface area contributed by atoms with Crippen molar-refractivity contribution in [3.8, 4) is 11.3 Å². The minimum Gasteiger partial charge on any atom is -0.462 e. The van der Waals surface area contributed by atoms with Crippen molar-refractivity contribution >= 4 is 11.6 Å². The summed E-state index contributed by atoms with van der Waals surface area (Å²) in [5.74, 6) is 1.57. The molecule has 0 bridgehead atoms. The molecule has 5 rings (SSSR count). The van der Waals surface area contributed by atoms with Crippen LogP contribution in [0, 0.1) is 5.92 Å². The highest BCUT2D eigenvalue weighted by atomic mass is 16.7. The molecule has 1 aromatic heterocycles. The Hall–Kier alpha value is -3.58. The third kappa shape index (κ3) is 5.85. The van der Waals surface area contributed by atoms with E-state index in [0.29, 0.717) is 18.5 Å². The van der Waals surface area contributed by atoms with Crippen molar-refractivity contribution in [1.82, 2.24) is 15.3 Å². The maximum atomic E-state index is 5.69. The molecule has 1 fully saturated rings. The fourth-order valence-electron chi connectivity index (χ4n) is 4.43. The summed E-state index contributed by atoms with van der Waals surface area (Å²) in [6.07, 6.45) is 6.64. The molecule has 0 radical (unpaired) electrons. The van der Waals surface area contributed by atoms with E-state index in [9.17, 15) is 0 Å². The summed E-state index contributed by atoms with van der Waals surface area (Å²) in [7, 11) is 0. The molecule has 1 unspecified atom stereocenters. The molecule has 34 heavy (non-hydrogen) atoms. The fraction of sp³-hybridized carbons (Fsp3) is 0.333. The lowest BCUT2D eigenvalue weighted by Crippen LogP contribution is -2.35. The van der Waals surface area contributed by atoms with Gasteiger partial charge in [-0.2, -0.15) is 0 Å². The van der Waals surface area contributed by atoms with Crippen LogP contribution in [0.15, 0.2) is 78.9 Å². The lowest BCUT2D eigenvalue weighted by Gasteiger charge is -2.24. The molecule has 7 nitrogen and oxygen atoms in total. The van der Waals surface area contributed by atoms with E-state index in [1.165, 1.54) is 5.56 Å². The highest BCUT2D eigenvalue weighted by molar-refractivity contribution is 5.65. The maximum absolute atomic E-state index is 5.69. The van der Waals surface area contributed by atoms with Gasteiger partial charge in [-0.15, -0.1) is 0 Å². The van der Waals surface area contributed by atoms with Crippen molar-refractivity contribution < 1.29 is 9.47 Å². The highest BCUT2D eigenvalue weighted by Crippen LogP contribution is 2.25. The van der Waals surface area contributed by atoms with E-state index in [1.54, 1.807) is 12.5 Å². The second kappa shape index (κ2) is 11.0. The molecule has 3 N–H and O–H groups in total. The molecular formula is C27H31N5O2. The Bertz CT molecular complexity index is 1100. The maximum Gasteiger partial charge on any atom is 0.229 e. The fourth-order valence-corrected chi connectivity index (χ4v) is 4.43. The van der Waals surface area contributed by atoms with Gasteiger partial charge in [0.15, 0.2) is 0 Å². The van der Waals surface area contributed by atoms with Crippen molar-refractivity contribution in [3.63, 3.8) is 0 Å². The van der Waals surface area contributed by atoms with Gasteiger partial charge in [-0.25, -0.2) is 9.97 Å². The molecule has 2 aliphatic rings. The Morgan fingerprint density at radius 1 is 1.03 bits per heavy atom. The standard InChI is InChI=1S/C27H31N5O2/c1-2-5-20(6-3-1)15-22(26-18-33-19-34-26)17-30-27-29-14-11-25(32-27)21-7-4-8-24(16-21)31-23-9-12-28-13-10-23/h1-8,11,14,16,18,22-23,28,31H,9-10,12-13,15,17,19H2,(H,29,30,32). The Kier molecular flexibility index (Phi) is 7.21. The van der Waals surface area contributed by atoms with Gasteiger partial charge in [0.2, 0.25) is 12.7 Å². The third-order valence-electron chi connectivity index (χ3n) is 6.25. The van der Waals surface area contributed by atoms with Gasteiger partial charge >= 0.3 is 0 Å². The van der Waals surface area contributed by atoms with Crippen LogP contribution < -0.4 is 16.0 Å². The molecule has 0 aliphatic carbocycles. The van der Waals surface area contributed by atoms with E-state index in [4.69, 9.17) is 14.5 Å². The average Bonchev–Trinajstić information content (AvgIpc) is 3.43. The number of benzene rings is 2. The molecule has 0 saturated carbocycles. The van der Waals surface area contributed by atoms with Gasteiger partial charge in [0.05, 0.1) is 5.69 Å². The van der Waals surface area contributed by atoms with Gasteiger partial charge in [-0.3, -0.25) is 0 Å². The number of aromatic nitrogens is 2. The van der Waals surface area contributed by atoms with Crippen LogP contribution in [0.4, 0.5) is 11.6 Å². The topological polar surface area (TPSA) is 80.3 Å². The van der Waals surface area contributed by atoms with E-state index < -0.39 is 0 Å². The number of hydrogen-bond acceptors (Lipinski definition) is 7. The minimum absolute atomic E-state index is 0.120. The van der Waals surface area contributed by atoms with Crippen LogP contribution in [0.1, 0.15) is 18.4 Å². The smallest absolute Gasteiger partial charge is 0.229 e. The first-order valence-corrected chi connectivity index (χ1v) is 12.0. The van der Waals surface area contributed by atoms with Gasteiger partial charge in [0, 0.05) is 36.0 Å². The summed E-state index contributed by atoms with van der Waals surface area (Å²) in [5, 5.41) is 10.5. The number of anilines is 2. The van der Waals surface area contributed by atoms with Crippen molar-refractivity contribution in [2.75, 3.05) is 37.1 Å². The summed E-state index contributed by atoms with van der Waals surface area (Å²) >= 11 is 0. The lowest BCUT2D eigenvalue weighted by molar-refractivity contribution is 0.0713. The van der Waals surface area contributed by atoms with Crippen LogP contribution in [0.5, 0.6) is 0 Å². The van der Waals surface area contributed by atoms with E-state index in [0.717, 1.165) is 55.1 Å². The molecule has 2 aliphatic heterocycles. The SMILES string of the molecule is C1=C(C(CNc2nccc(-c3cccc(NC4CCNCC4)c3)n2)Cc2ccccc2)OCO1. The van der Waals surface area contributed by atoms with E-state index in [1.807, 2.05) is 12.1 Å². The number of piperidine rings is 1. The van der Waals surface area contributed by atoms with Crippen molar-refractivity contribution in [1.29, 1.82) is 0 Å². The number of nitrogens with one attached hydrogen (secondary N) is 3.